The van der Waals surface area contributed by atoms with Crippen LogP contribution in [0.2, 0.25) is 0 Å². The van der Waals surface area contributed by atoms with Gasteiger partial charge in [-0.25, -0.2) is 0 Å². The van der Waals surface area contributed by atoms with Crippen molar-refractivity contribution in [2.24, 2.45) is 0 Å². The Labute approximate surface area is 120 Å². The van der Waals surface area contributed by atoms with Crippen molar-refractivity contribution in [1.29, 1.82) is 0 Å². The Morgan fingerprint density at radius 1 is 0.833 bits per heavy atom. The van der Waals surface area contributed by atoms with Crippen molar-refractivity contribution in [3.05, 3.63) is 5.32 Å². The molecular formula is C10H22KN. The Bertz CT molecular complexity index is 58.9. The molecule has 0 atom stereocenters. The van der Waals surface area contributed by atoms with E-state index in [0.717, 1.165) is 6.54 Å². The first-order chi connectivity index (χ1) is 5.41. The van der Waals surface area contributed by atoms with Crippen molar-refractivity contribution < 1.29 is 51.4 Å². The van der Waals surface area contributed by atoms with Crippen LogP contribution in [-0.2, 0) is 0 Å². The zero-order valence-electron chi connectivity index (χ0n) is 9.10. The molecule has 68 valence electrons. The van der Waals surface area contributed by atoms with Gasteiger partial charge in [0.2, 0.25) is 0 Å². The number of nitrogens with zero attached hydrogens (tertiary/aromatic N) is 1. The van der Waals surface area contributed by atoms with E-state index in [2.05, 4.69) is 12.2 Å². The monoisotopic (exact) mass is 195 g/mol. The van der Waals surface area contributed by atoms with Gasteiger partial charge in [-0.3, -0.25) is 0 Å². The summed E-state index contributed by atoms with van der Waals surface area (Å²) in [6.07, 6.45) is 9.71. The Balaban J connectivity index is 0. The van der Waals surface area contributed by atoms with Crippen LogP contribution < -0.4 is 51.4 Å². The van der Waals surface area contributed by atoms with Gasteiger partial charge < -0.3 is 5.32 Å². The zero-order valence-corrected chi connectivity index (χ0v) is 12.2. The minimum Gasteiger partial charge on any atom is -0.665 e. The molecule has 0 aliphatic heterocycles. The van der Waals surface area contributed by atoms with Gasteiger partial charge in [-0.15, -0.1) is 6.54 Å². The maximum absolute atomic E-state index is 4.07. The van der Waals surface area contributed by atoms with Gasteiger partial charge in [0.15, 0.2) is 0 Å². The average Bonchev–Trinajstić information content (AvgIpc) is 2.03. The molecule has 0 aromatic heterocycles. The van der Waals surface area contributed by atoms with E-state index in [0.29, 0.717) is 0 Å². The van der Waals surface area contributed by atoms with Crippen molar-refractivity contribution in [3.8, 4) is 0 Å². The van der Waals surface area contributed by atoms with Crippen molar-refractivity contribution in [3.63, 3.8) is 0 Å². The maximum Gasteiger partial charge on any atom is 1.00 e. The summed E-state index contributed by atoms with van der Waals surface area (Å²) in [6.45, 7) is 3.32. The summed E-state index contributed by atoms with van der Waals surface area (Å²) in [6, 6.07) is 0. The third-order valence-corrected chi connectivity index (χ3v) is 1.99. The minimum atomic E-state index is 0. The SMILES string of the molecule is CCCCCCCCC[N-]C.[K+]. The first-order valence-electron chi connectivity index (χ1n) is 4.97. The molecule has 0 saturated heterocycles. The third kappa shape index (κ3) is 14.1. The van der Waals surface area contributed by atoms with E-state index in [-0.39, 0.29) is 51.4 Å². The molecule has 0 heterocycles. The Morgan fingerprint density at radius 3 is 1.83 bits per heavy atom. The van der Waals surface area contributed by atoms with Gasteiger partial charge >= 0.3 is 51.4 Å². The summed E-state index contributed by atoms with van der Waals surface area (Å²) in [5.41, 5.74) is 0. The summed E-state index contributed by atoms with van der Waals surface area (Å²) < 4.78 is 0. The number of unbranched alkanes of at least 4 members (excludes halogenated alkanes) is 6. The Morgan fingerprint density at radius 2 is 1.33 bits per heavy atom. The van der Waals surface area contributed by atoms with Crippen molar-refractivity contribution in [1.82, 2.24) is 0 Å². The van der Waals surface area contributed by atoms with E-state index in [1.54, 1.807) is 0 Å². The summed E-state index contributed by atoms with van der Waals surface area (Å²) in [4.78, 5) is 0. The number of rotatable bonds is 8. The van der Waals surface area contributed by atoms with Crippen LogP contribution in [0.1, 0.15) is 51.9 Å². The standard InChI is InChI=1S/C10H22N.K/c1-3-4-5-6-7-8-9-10-11-2;/h3-10H2,1-2H3;/q-1;+1. The third-order valence-electron chi connectivity index (χ3n) is 1.99. The average molecular weight is 195 g/mol. The molecule has 1 nitrogen and oxygen atoms in total. The van der Waals surface area contributed by atoms with Gasteiger partial charge in [0, 0.05) is 0 Å². The van der Waals surface area contributed by atoms with Gasteiger partial charge in [0.05, 0.1) is 0 Å². The molecule has 0 rings (SSSR count). The van der Waals surface area contributed by atoms with Crippen molar-refractivity contribution in [2.75, 3.05) is 13.6 Å². The molecule has 0 bridgehead atoms. The maximum atomic E-state index is 4.07. The molecule has 0 amide bonds. The summed E-state index contributed by atoms with van der Waals surface area (Å²) >= 11 is 0. The molecule has 0 unspecified atom stereocenters. The predicted octanol–water partition coefficient (Wildman–Crippen LogP) is 0.744. The molecule has 0 aliphatic carbocycles. The van der Waals surface area contributed by atoms with Crippen LogP contribution in [0.5, 0.6) is 0 Å². The number of hydrogen-bond acceptors (Lipinski definition) is 0. The molecule has 0 radical (unpaired) electrons. The largest absolute Gasteiger partial charge is 1.00 e. The molecule has 2 heteroatoms. The topological polar surface area (TPSA) is 14.1 Å². The van der Waals surface area contributed by atoms with Gasteiger partial charge in [0.1, 0.15) is 0 Å². The van der Waals surface area contributed by atoms with Crippen LogP contribution in [0.4, 0.5) is 0 Å². The minimum absolute atomic E-state index is 0. The molecule has 0 aliphatic rings. The fraction of sp³-hybridized carbons (Fsp3) is 1.00. The van der Waals surface area contributed by atoms with E-state index in [1.807, 2.05) is 7.05 Å². The normalized spacial score (nSPS) is 9.50. The van der Waals surface area contributed by atoms with E-state index < -0.39 is 0 Å². The molecule has 0 aromatic rings. The second-order valence-electron chi connectivity index (χ2n) is 3.16. The smallest absolute Gasteiger partial charge is 0.665 e. The van der Waals surface area contributed by atoms with Crippen LogP contribution in [-0.4, -0.2) is 13.6 Å². The predicted molar refractivity (Wildman–Crippen MR) is 52.1 cm³/mol. The fourth-order valence-corrected chi connectivity index (χ4v) is 1.23. The van der Waals surface area contributed by atoms with Crippen LogP contribution in [0, 0.1) is 0 Å². The second kappa shape index (κ2) is 15.1. The van der Waals surface area contributed by atoms with Gasteiger partial charge in [0.25, 0.3) is 0 Å². The van der Waals surface area contributed by atoms with Crippen molar-refractivity contribution >= 4 is 0 Å². The molecule has 0 fully saturated rings. The van der Waals surface area contributed by atoms with Crippen LogP contribution in [0.15, 0.2) is 0 Å². The molecule has 0 spiro atoms. The van der Waals surface area contributed by atoms with Gasteiger partial charge in [-0.2, -0.15) is 7.05 Å². The zero-order chi connectivity index (χ0) is 8.36. The van der Waals surface area contributed by atoms with Crippen LogP contribution in [0.25, 0.3) is 5.32 Å². The molecule has 0 saturated carbocycles. The van der Waals surface area contributed by atoms with Gasteiger partial charge in [-0.1, -0.05) is 51.9 Å². The Hall–Kier alpha value is 1.60. The first-order valence-corrected chi connectivity index (χ1v) is 4.97. The summed E-state index contributed by atoms with van der Waals surface area (Å²) in [5.74, 6) is 0. The quantitative estimate of drug-likeness (QED) is 0.401. The first kappa shape index (κ1) is 16.0. The fourth-order valence-electron chi connectivity index (χ4n) is 1.23. The van der Waals surface area contributed by atoms with E-state index in [1.165, 1.54) is 44.9 Å². The summed E-state index contributed by atoms with van der Waals surface area (Å²) in [7, 11) is 1.90. The van der Waals surface area contributed by atoms with Crippen LogP contribution in [0.3, 0.4) is 0 Å². The van der Waals surface area contributed by atoms with E-state index in [4.69, 9.17) is 0 Å². The van der Waals surface area contributed by atoms with Gasteiger partial charge in [-0.05, 0) is 0 Å². The molecule has 0 N–H and O–H groups in total. The summed E-state index contributed by atoms with van der Waals surface area (Å²) in [5, 5.41) is 4.07. The Kier molecular flexibility index (Phi) is 20.2. The molecular weight excluding hydrogens is 173 g/mol. The van der Waals surface area contributed by atoms with Crippen LogP contribution >= 0.6 is 0 Å². The van der Waals surface area contributed by atoms with Crippen molar-refractivity contribution in [2.45, 2.75) is 51.9 Å². The molecule has 0 aromatic carbocycles. The van der Waals surface area contributed by atoms with E-state index >= 15 is 0 Å². The number of hydrogen-bond donors (Lipinski definition) is 0. The van der Waals surface area contributed by atoms with E-state index in [9.17, 15) is 0 Å². The molecule has 12 heavy (non-hydrogen) atoms. The second-order valence-corrected chi connectivity index (χ2v) is 3.16.